The highest BCUT2D eigenvalue weighted by molar-refractivity contribution is 6.20. The molecule has 3 aliphatic rings. The molecule has 3 fully saturated rings. The zero-order valence-corrected chi connectivity index (χ0v) is 11.1. The zero-order valence-electron chi connectivity index (χ0n) is 10.3. The van der Waals surface area contributed by atoms with Crippen molar-refractivity contribution in [2.24, 2.45) is 23.7 Å². The first-order valence-corrected chi connectivity index (χ1v) is 7.61. The zero-order chi connectivity index (χ0) is 11.8. The van der Waals surface area contributed by atoms with Crippen molar-refractivity contribution in [3.05, 3.63) is 0 Å². The minimum Gasteiger partial charge on any atom is -0.356 e. The highest BCUT2D eigenvalue weighted by atomic mass is 35.5. The van der Waals surface area contributed by atoms with Gasteiger partial charge in [0.15, 0.2) is 0 Å². The molecule has 3 aliphatic carbocycles. The topological polar surface area (TPSA) is 29.1 Å². The van der Waals surface area contributed by atoms with E-state index in [0.717, 1.165) is 31.2 Å². The first kappa shape index (κ1) is 11.8. The predicted octanol–water partition coefficient (Wildman–Crippen LogP) is 2.95. The van der Waals surface area contributed by atoms with Gasteiger partial charge < -0.3 is 5.32 Å². The van der Waals surface area contributed by atoms with Crippen LogP contribution in [0.3, 0.4) is 0 Å². The van der Waals surface area contributed by atoms with Crippen LogP contribution in [0.2, 0.25) is 0 Å². The number of fused-ring (bicyclic) bond motifs is 1. The van der Waals surface area contributed by atoms with E-state index in [9.17, 15) is 4.79 Å². The van der Waals surface area contributed by atoms with E-state index in [2.05, 4.69) is 5.32 Å². The molecule has 0 spiro atoms. The lowest BCUT2D eigenvalue weighted by Crippen LogP contribution is -2.30. The van der Waals surface area contributed by atoms with Crippen molar-refractivity contribution >= 4 is 17.5 Å². The van der Waals surface area contributed by atoms with Crippen molar-refractivity contribution in [1.29, 1.82) is 0 Å². The van der Waals surface area contributed by atoms with E-state index < -0.39 is 0 Å². The summed E-state index contributed by atoms with van der Waals surface area (Å²) in [6.07, 6.45) is 8.64. The second kappa shape index (κ2) is 4.79. The summed E-state index contributed by atoms with van der Waals surface area (Å²) in [5, 5.41) is 3.51. The molecule has 1 amide bonds. The summed E-state index contributed by atoms with van der Waals surface area (Å²) in [5.41, 5.74) is 0. The number of halogens is 1. The van der Waals surface area contributed by atoms with Crippen LogP contribution in [0, 0.1) is 23.7 Å². The van der Waals surface area contributed by atoms with Crippen LogP contribution in [0.25, 0.3) is 0 Å². The Balaban J connectivity index is 1.42. The summed E-state index contributed by atoms with van der Waals surface area (Å²) in [6.45, 7) is 0.859. The molecule has 1 N–H and O–H groups in total. The number of hydrogen-bond donors (Lipinski definition) is 1. The summed E-state index contributed by atoms with van der Waals surface area (Å²) in [4.78, 5) is 12.1. The van der Waals surface area contributed by atoms with Gasteiger partial charge in [0.1, 0.15) is 0 Å². The van der Waals surface area contributed by atoms with E-state index in [-0.39, 0.29) is 0 Å². The molecule has 17 heavy (non-hydrogen) atoms. The van der Waals surface area contributed by atoms with Crippen LogP contribution in [0.4, 0.5) is 0 Å². The third kappa shape index (κ3) is 2.47. The maximum Gasteiger partial charge on any atom is 0.223 e. The molecule has 0 aliphatic heterocycles. The molecule has 0 heterocycles. The fourth-order valence-electron chi connectivity index (χ4n) is 3.94. The molecular formula is C14H22ClNO. The first-order valence-electron chi connectivity index (χ1n) is 7.17. The maximum atomic E-state index is 12.1. The molecule has 96 valence electrons. The fraction of sp³-hybridized carbons (Fsp3) is 0.929. The molecule has 4 unspecified atom stereocenters. The summed E-state index contributed by atoms with van der Waals surface area (Å²) >= 11 is 6.08. The molecule has 3 rings (SSSR count). The standard InChI is InChI=1S/C14H22ClNO/c15-10-6-5-9(7-10)8-16-14(17)13-11-3-1-2-4-12(11)13/h9-13H,1-8H2,(H,16,17). The summed E-state index contributed by atoms with van der Waals surface area (Å²) in [5.74, 6) is 2.79. The van der Waals surface area contributed by atoms with Gasteiger partial charge in [-0.05, 0) is 49.9 Å². The molecule has 0 radical (unpaired) electrons. The van der Waals surface area contributed by atoms with Crippen molar-refractivity contribution in [2.45, 2.75) is 50.3 Å². The summed E-state index contributed by atoms with van der Waals surface area (Å²) in [6, 6.07) is 0. The van der Waals surface area contributed by atoms with Gasteiger partial charge in [0.2, 0.25) is 5.91 Å². The van der Waals surface area contributed by atoms with E-state index in [1.54, 1.807) is 0 Å². The van der Waals surface area contributed by atoms with Crippen molar-refractivity contribution < 1.29 is 4.79 Å². The van der Waals surface area contributed by atoms with Gasteiger partial charge in [0.05, 0.1) is 0 Å². The van der Waals surface area contributed by atoms with Gasteiger partial charge in [-0.3, -0.25) is 4.79 Å². The number of hydrogen-bond acceptors (Lipinski definition) is 1. The quantitative estimate of drug-likeness (QED) is 0.772. The van der Waals surface area contributed by atoms with Gasteiger partial charge >= 0.3 is 0 Å². The highest BCUT2D eigenvalue weighted by Gasteiger charge is 2.54. The van der Waals surface area contributed by atoms with Gasteiger partial charge in [-0.1, -0.05) is 12.8 Å². The lowest BCUT2D eigenvalue weighted by atomic mass is 10.0. The average molecular weight is 256 g/mol. The molecule has 3 saturated carbocycles. The Kier molecular flexibility index (Phi) is 3.34. The molecule has 2 nitrogen and oxygen atoms in total. The third-order valence-corrected chi connectivity index (χ3v) is 5.40. The molecule has 0 aromatic carbocycles. The Morgan fingerprint density at radius 3 is 2.41 bits per heavy atom. The first-order chi connectivity index (χ1) is 8.25. The normalized spacial score (nSPS) is 44.2. The van der Waals surface area contributed by atoms with Crippen molar-refractivity contribution in [3.8, 4) is 0 Å². The minimum atomic E-state index is 0.333. The number of rotatable bonds is 3. The van der Waals surface area contributed by atoms with Gasteiger partial charge in [-0.2, -0.15) is 0 Å². The molecule has 0 bridgehead atoms. The van der Waals surface area contributed by atoms with E-state index in [1.165, 1.54) is 32.1 Å². The molecule has 0 saturated heterocycles. The number of carbonyl (C=O) groups excluding carboxylic acids is 1. The lowest BCUT2D eigenvalue weighted by Gasteiger charge is -2.10. The van der Waals surface area contributed by atoms with Gasteiger partial charge in [-0.15, -0.1) is 11.6 Å². The Morgan fingerprint density at radius 2 is 1.82 bits per heavy atom. The lowest BCUT2D eigenvalue weighted by molar-refractivity contribution is -0.123. The summed E-state index contributed by atoms with van der Waals surface area (Å²) < 4.78 is 0. The van der Waals surface area contributed by atoms with Crippen LogP contribution >= 0.6 is 11.6 Å². The van der Waals surface area contributed by atoms with E-state index in [0.29, 0.717) is 23.1 Å². The molecule has 3 heteroatoms. The van der Waals surface area contributed by atoms with E-state index >= 15 is 0 Å². The Labute approximate surface area is 108 Å². The second-order valence-corrected chi connectivity index (χ2v) is 6.78. The van der Waals surface area contributed by atoms with Crippen molar-refractivity contribution in [2.75, 3.05) is 6.54 Å². The number of alkyl halides is 1. The van der Waals surface area contributed by atoms with Crippen molar-refractivity contribution in [1.82, 2.24) is 5.32 Å². The van der Waals surface area contributed by atoms with Gasteiger partial charge in [0, 0.05) is 17.8 Å². The van der Waals surface area contributed by atoms with Gasteiger partial charge in [0.25, 0.3) is 0 Å². The summed E-state index contributed by atoms with van der Waals surface area (Å²) in [7, 11) is 0. The van der Waals surface area contributed by atoms with Crippen LogP contribution < -0.4 is 5.32 Å². The van der Waals surface area contributed by atoms with Crippen molar-refractivity contribution in [3.63, 3.8) is 0 Å². The smallest absolute Gasteiger partial charge is 0.223 e. The van der Waals surface area contributed by atoms with E-state index in [4.69, 9.17) is 11.6 Å². The Hall–Kier alpha value is -0.240. The second-order valence-electron chi connectivity index (χ2n) is 6.16. The van der Waals surface area contributed by atoms with Gasteiger partial charge in [-0.25, -0.2) is 0 Å². The molecular weight excluding hydrogens is 234 g/mol. The number of nitrogens with one attached hydrogen (secondary N) is 1. The van der Waals surface area contributed by atoms with Crippen LogP contribution in [-0.4, -0.2) is 17.8 Å². The fourth-order valence-corrected chi connectivity index (χ4v) is 4.32. The van der Waals surface area contributed by atoms with E-state index in [1.807, 2.05) is 0 Å². The number of amides is 1. The average Bonchev–Trinajstić information content (AvgIpc) is 2.93. The maximum absolute atomic E-state index is 12.1. The molecule has 0 aromatic heterocycles. The van der Waals surface area contributed by atoms with Crippen LogP contribution in [-0.2, 0) is 4.79 Å². The van der Waals surface area contributed by atoms with Crippen LogP contribution in [0.15, 0.2) is 0 Å². The monoisotopic (exact) mass is 255 g/mol. The molecule has 4 atom stereocenters. The Morgan fingerprint density at radius 1 is 1.12 bits per heavy atom. The number of carbonyl (C=O) groups is 1. The largest absolute Gasteiger partial charge is 0.356 e. The van der Waals surface area contributed by atoms with Crippen LogP contribution in [0.1, 0.15) is 44.9 Å². The Bertz CT molecular complexity index is 295. The predicted molar refractivity (Wildman–Crippen MR) is 68.9 cm³/mol. The minimum absolute atomic E-state index is 0.333. The SMILES string of the molecule is O=C(NCC1CCC(Cl)C1)C1C2CCCCC21. The highest BCUT2D eigenvalue weighted by Crippen LogP contribution is 2.55. The third-order valence-electron chi connectivity index (χ3n) is 5.00. The molecule has 0 aromatic rings. The van der Waals surface area contributed by atoms with Crippen LogP contribution in [0.5, 0.6) is 0 Å².